The Bertz CT molecular complexity index is 451. The minimum absolute atomic E-state index is 0.0663. The first-order chi connectivity index (χ1) is 8.10. The number of hydrogen-bond acceptors (Lipinski definition) is 2. The number of nitrogens with zero attached hydrogens (tertiary/aromatic N) is 1. The molecule has 17 heavy (non-hydrogen) atoms. The quantitative estimate of drug-likeness (QED) is 0.796. The molecule has 0 aliphatic rings. The second-order valence-corrected chi connectivity index (χ2v) is 3.60. The molecule has 0 saturated heterocycles. The number of rotatable bonds is 5. The maximum atomic E-state index is 13.7. The molecule has 90 valence electrons. The van der Waals surface area contributed by atoms with Crippen LogP contribution in [-0.2, 0) is 0 Å². The topological polar surface area (TPSA) is 40.5 Å². The lowest BCUT2D eigenvalue weighted by molar-refractivity contribution is 0.0696. The summed E-state index contributed by atoms with van der Waals surface area (Å²) in [6.07, 6.45) is 6.05. The van der Waals surface area contributed by atoms with Crippen molar-refractivity contribution in [3.63, 3.8) is 0 Å². The minimum atomic E-state index is -1.14. The van der Waals surface area contributed by atoms with Gasteiger partial charge in [-0.3, -0.25) is 0 Å². The molecule has 1 N–H and O–H groups in total. The van der Waals surface area contributed by atoms with E-state index in [1.807, 2.05) is 6.92 Å². The van der Waals surface area contributed by atoms with Gasteiger partial charge in [-0.05, 0) is 24.6 Å². The minimum Gasteiger partial charge on any atom is -0.478 e. The third-order valence-electron chi connectivity index (χ3n) is 2.31. The number of hydrogen-bond donors (Lipinski definition) is 1. The summed E-state index contributed by atoms with van der Waals surface area (Å²) in [6, 6.07) is 3.84. The molecule has 1 rings (SSSR count). The van der Waals surface area contributed by atoms with Crippen molar-refractivity contribution < 1.29 is 14.3 Å². The van der Waals surface area contributed by atoms with Gasteiger partial charge in [0.2, 0.25) is 0 Å². The third-order valence-corrected chi connectivity index (χ3v) is 2.31. The number of benzene rings is 1. The third kappa shape index (κ3) is 3.22. The van der Waals surface area contributed by atoms with Gasteiger partial charge in [-0.1, -0.05) is 12.8 Å². The summed E-state index contributed by atoms with van der Waals surface area (Å²) in [5.41, 5.74) is 0.276. The smallest absolute Gasteiger partial charge is 0.335 e. The number of halogens is 1. The van der Waals surface area contributed by atoms with Gasteiger partial charge >= 0.3 is 5.97 Å². The fourth-order valence-corrected chi connectivity index (χ4v) is 1.56. The molecule has 0 aliphatic carbocycles. The van der Waals surface area contributed by atoms with Crippen LogP contribution in [0.3, 0.4) is 0 Å². The zero-order valence-electron chi connectivity index (χ0n) is 9.61. The maximum absolute atomic E-state index is 13.7. The van der Waals surface area contributed by atoms with Crippen LogP contribution in [0.25, 0.3) is 0 Å². The van der Waals surface area contributed by atoms with Crippen LogP contribution >= 0.6 is 0 Å². The second-order valence-electron chi connectivity index (χ2n) is 3.60. The molecule has 0 aliphatic heterocycles. The van der Waals surface area contributed by atoms with Gasteiger partial charge in [0.1, 0.15) is 5.82 Å². The lowest BCUT2D eigenvalue weighted by Gasteiger charge is -2.22. The van der Waals surface area contributed by atoms with Gasteiger partial charge in [-0.25, -0.2) is 9.18 Å². The average molecular weight is 235 g/mol. The number of carboxylic acids is 1. The van der Waals surface area contributed by atoms with Crippen LogP contribution in [0.4, 0.5) is 10.1 Å². The molecule has 0 saturated carbocycles. The van der Waals surface area contributed by atoms with Gasteiger partial charge < -0.3 is 10.0 Å². The van der Waals surface area contributed by atoms with Crippen molar-refractivity contribution in [3.8, 4) is 12.3 Å². The normalized spacial score (nSPS) is 9.71. The Morgan fingerprint density at radius 3 is 2.76 bits per heavy atom. The van der Waals surface area contributed by atoms with Gasteiger partial charge in [0.25, 0.3) is 0 Å². The number of carboxylic acid groups (broad SMARTS) is 1. The highest BCUT2D eigenvalue weighted by Gasteiger charge is 2.12. The largest absolute Gasteiger partial charge is 0.478 e. The molecular weight excluding hydrogens is 221 g/mol. The van der Waals surface area contributed by atoms with Crippen LogP contribution in [0.15, 0.2) is 18.2 Å². The van der Waals surface area contributed by atoms with Crippen molar-refractivity contribution in [1.29, 1.82) is 0 Å². The van der Waals surface area contributed by atoms with Crippen LogP contribution in [0.2, 0.25) is 0 Å². The second kappa shape index (κ2) is 5.90. The van der Waals surface area contributed by atoms with Crippen LogP contribution in [0.1, 0.15) is 23.7 Å². The van der Waals surface area contributed by atoms with E-state index >= 15 is 0 Å². The standard InChI is InChI=1S/C13H14FNO2/c1-3-7-15(8-4-2)12-6-5-10(13(16)17)9-11(12)14/h1,5-6,9H,4,7-8H2,2H3,(H,16,17). The molecule has 3 nitrogen and oxygen atoms in total. The van der Waals surface area contributed by atoms with E-state index in [1.54, 1.807) is 4.90 Å². The highest BCUT2D eigenvalue weighted by molar-refractivity contribution is 5.88. The van der Waals surface area contributed by atoms with Crippen LogP contribution in [0.5, 0.6) is 0 Å². The van der Waals surface area contributed by atoms with E-state index in [1.165, 1.54) is 12.1 Å². The Balaban J connectivity index is 3.04. The molecule has 0 atom stereocenters. The van der Waals surface area contributed by atoms with Crippen molar-refractivity contribution in [1.82, 2.24) is 0 Å². The Kier molecular flexibility index (Phi) is 4.53. The lowest BCUT2D eigenvalue weighted by Crippen LogP contribution is -2.25. The van der Waals surface area contributed by atoms with Gasteiger partial charge in [0.15, 0.2) is 0 Å². The van der Waals surface area contributed by atoms with E-state index in [-0.39, 0.29) is 5.56 Å². The summed E-state index contributed by atoms with van der Waals surface area (Å²) in [7, 11) is 0. The molecule has 1 aromatic rings. The predicted octanol–water partition coefficient (Wildman–Crippen LogP) is 2.37. The molecule has 0 unspecified atom stereocenters. The molecule has 0 spiro atoms. The predicted molar refractivity (Wildman–Crippen MR) is 64.7 cm³/mol. The van der Waals surface area contributed by atoms with E-state index in [9.17, 15) is 9.18 Å². The van der Waals surface area contributed by atoms with Crippen molar-refractivity contribution in [3.05, 3.63) is 29.6 Å². The fourth-order valence-electron chi connectivity index (χ4n) is 1.56. The van der Waals surface area contributed by atoms with Gasteiger partial charge in [-0.2, -0.15) is 0 Å². The van der Waals surface area contributed by atoms with Crippen LogP contribution < -0.4 is 4.90 Å². The van der Waals surface area contributed by atoms with E-state index in [0.29, 0.717) is 18.8 Å². The zero-order chi connectivity index (χ0) is 12.8. The van der Waals surface area contributed by atoms with Crippen molar-refractivity contribution in [2.75, 3.05) is 18.0 Å². The average Bonchev–Trinajstić information content (AvgIpc) is 2.28. The number of terminal acetylenes is 1. The zero-order valence-corrected chi connectivity index (χ0v) is 9.61. The van der Waals surface area contributed by atoms with E-state index in [0.717, 1.165) is 12.5 Å². The molecule has 0 amide bonds. The van der Waals surface area contributed by atoms with E-state index in [4.69, 9.17) is 11.5 Å². The Hall–Kier alpha value is -2.02. The SMILES string of the molecule is C#CCN(CCC)c1ccc(C(=O)O)cc1F. The fraction of sp³-hybridized carbons (Fsp3) is 0.308. The number of anilines is 1. The molecule has 0 bridgehead atoms. The lowest BCUT2D eigenvalue weighted by atomic mass is 10.2. The number of aromatic carboxylic acids is 1. The van der Waals surface area contributed by atoms with E-state index in [2.05, 4.69) is 5.92 Å². The Morgan fingerprint density at radius 2 is 2.29 bits per heavy atom. The van der Waals surface area contributed by atoms with Gasteiger partial charge in [-0.15, -0.1) is 6.42 Å². The molecule has 4 heteroatoms. The molecule has 0 aromatic heterocycles. The first-order valence-corrected chi connectivity index (χ1v) is 5.31. The summed E-state index contributed by atoms with van der Waals surface area (Å²) in [5, 5.41) is 8.73. The summed E-state index contributed by atoms with van der Waals surface area (Å²) in [6.45, 7) is 2.90. The van der Waals surface area contributed by atoms with Crippen molar-refractivity contribution >= 4 is 11.7 Å². The molecule has 0 radical (unpaired) electrons. The van der Waals surface area contributed by atoms with E-state index < -0.39 is 11.8 Å². The monoisotopic (exact) mass is 235 g/mol. The molecular formula is C13H14FNO2. The molecule has 0 fully saturated rings. The summed E-state index contributed by atoms with van der Waals surface area (Å²) < 4.78 is 13.7. The maximum Gasteiger partial charge on any atom is 0.335 e. The summed E-state index contributed by atoms with van der Waals surface area (Å²) in [5.74, 6) is 0.753. The Morgan fingerprint density at radius 1 is 1.59 bits per heavy atom. The van der Waals surface area contributed by atoms with Crippen LogP contribution in [-0.4, -0.2) is 24.2 Å². The molecule has 0 heterocycles. The van der Waals surface area contributed by atoms with Crippen molar-refractivity contribution in [2.24, 2.45) is 0 Å². The summed E-state index contributed by atoms with van der Waals surface area (Å²) in [4.78, 5) is 12.4. The van der Waals surface area contributed by atoms with Crippen LogP contribution in [0, 0.1) is 18.2 Å². The van der Waals surface area contributed by atoms with Gasteiger partial charge in [0, 0.05) is 6.54 Å². The number of carbonyl (C=O) groups is 1. The Labute approximate surface area is 99.9 Å². The highest BCUT2D eigenvalue weighted by atomic mass is 19.1. The highest BCUT2D eigenvalue weighted by Crippen LogP contribution is 2.20. The van der Waals surface area contributed by atoms with Crippen molar-refractivity contribution in [2.45, 2.75) is 13.3 Å². The van der Waals surface area contributed by atoms with Gasteiger partial charge in [0.05, 0.1) is 17.8 Å². The first-order valence-electron chi connectivity index (χ1n) is 5.31. The molecule has 1 aromatic carbocycles. The first kappa shape index (κ1) is 13.0. The summed E-state index contributed by atoms with van der Waals surface area (Å²) >= 11 is 0.